The highest BCUT2D eigenvalue weighted by atomic mass is 79.9. The molecule has 0 amide bonds. The fraction of sp³-hybridized carbons (Fsp3) is 0.0500. The Bertz CT molecular complexity index is 1010. The molecule has 0 aromatic heterocycles. The number of hydrogen-bond donors (Lipinski definition) is 0. The van der Waals surface area contributed by atoms with Gasteiger partial charge in [0.1, 0.15) is 5.04 Å². The third-order valence-corrected chi connectivity index (χ3v) is 6.53. The quantitative estimate of drug-likeness (QED) is 0.294. The second kappa shape index (κ2) is 8.20. The second-order valence-corrected chi connectivity index (χ2v) is 9.19. The van der Waals surface area contributed by atoms with Crippen molar-refractivity contribution in [2.24, 2.45) is 4.40 Å². The maximum Gasteiger partial charge on any atom is 0.283 e. The van der Waals surface area contributed by atoms with E-state index >= 15 is 0 Å². The van der Waals surface area contributed by atoms with Crippen molar-refractivity contribution in [3.63, 3.8) is 0 Å². The van der Waals surface area contributed by atoms with E-state index in [1.54, 1.807) is 24.3 Å². The highest BCUT2D eigenvalue weighted by molar-refractivity contribution is 9.10. The largest absolute Gasteiger partial charge is 0.283 e. The molecule has 0 saturated heterocycles. The van der Waals surface area contributed by atoms with E-state index < -0.39 is 10.0 Å². The smallest absolute Gasteiger partial charge is 0.199 e. The van der Waals surface area contributed by atoms with E-state index in [-0.39, 0.29) is 4.90 Å². The van der Waals surface area contributed by atoms with Crippen LogP contribution in [0.4, 0.5) is 0 Å². The number of thioether (sulfide) groups is 1. The molecule has 26 heavy (non-hydrogen) atoms. The van der Waals surface area contributed by atoms with Gasteiger partial charge in [-0.25, -0.2) is 0 Å². The first-order valence-electron chi connectivity index (χ1n) is 7.84. The van der Waals surface area contributed by atoms with Crippen molar-refractivity contribution in [1.82, 2.24) is 0 Å². The number of sulfonamides is 1. The van der Waals surface area contributed by atoms with Gasteiger partial charge in [-0.05, 0) is 43.3 Å². The summed E-state index contributed by atoms with van der Waals surface area (Å²) < 4.78 is 30.5. The summed E-state index contributed by atoms with van der Waals surface area (Å²) in [6.07, 6.45) is 0. The number of benzene rings is 3. The molecule has 3 aromatic carbocycles. The standard InChI is InChI=1S/C20H16BrNO2S2/c1-15-7-11-18(12-8-15)25-20(16-5-3-2-4-6-16)22-26(23,24)19-13-9-17(21)10-14-19/h2-14H,1H3. The first kappa shape index (κ1) is 18.9. The van der Waals surface area contributed by atoms with Gasteiger partial charge in [0.05, 0.1) is 4.90 Å². The van der Waals surface area contributed by atoms with Crippen molar-refractivity contribution in [2.45, 2.75) is 16.7 Å². The molecule has 3 aromatic rings. The second-order valence-electron chi connectivity index (χ2n) is 5.61. The van der Waals surface area contributed by atoms with Crippen LogP contribution in [0.3, 0.4) is 0 Å². The van der Waals surface area contributed by atoms with Gasteiger partial charge in [-0.3, -0.25) is 0 Å². The lowest BCUT2D eigenvalue weighted by atomic mass is 10.2. The van der Waals surface area contributed by atoms with Crippen molar-refractivity contribution in [3.05, 3.63) is 94.5 Å². The Morgan fingerprint density at radius 3 is 2.12 bits per heavy atom. The summed E-state index contributed by atoms with van der Waals surface area (Å²) in [5.74, 6) is 0. The van der Waals surface area contributed by atoms with E-state index in [1.165, 1.54) is 11.8 Å². The molecule has 0 atom stereocenters. The molecular weight excluding hydrogens is 430 g/mol. The summed E-state index contributed by atoms with van der Waals surface area (Å²) in [6.45, 7) is 2.01. The Hall–Kier alpha value is -1.89. The summed E-state index contributed by atoms with van der Waals surface area (Å²) in [6, 6.07) is 23.7. The summed E-state index contributed by atoms with van der Waals surface area (Å²) in [7, 11) is -3.81. The lowest BCUT2D eigenvalue weighted by Gasteiger charge is -2.08. The molecule has 0 bridgehead atoms. The topological polar surface area (TPSA) is 46.5 Å². The van der Waals surface area contributed by atoms with Crippen LogP contribution in [0.2, 0.25) is 0 Å². The normalized spacial score (nSPS) is 12.2. The van der Waals surface area contributed by atoms with Crippen molar-refractivity contribution < 1.29 is 8.42 Å². The molecule has 6 heteroatoms. The molecule has 0 radical (unpaired) electrons. The van der Waals surface area contributed by atoms with Crippen LogP contribution in [0.25, 0.3) is 0 Å². The molecule has 0 unspecified atom stereocenters. The predicted octanol–water partition coefficient (Wildman–Crippen LogP) is 5.69. The molecule has 0 aliphatic heterocycles. The van der Waals surface area contributed by atoms with Gasteiger partial charge in [0.15, 0.2) is 0 Å². The average Bonchev–Trinajstić information content (AvgIpc) is 2.64. The zero-order valence-electron chi connectivity index (χ0n) is 14.0. The van der Waals surface area contributed by atoms with Crippen molar-refractivity contribution in [3.8, 4) is 0 Å². The summed E-state index contributed by atoms with van der Waals surface area (Å²) >= 11 is 4.65. The number of aryl methyl sites for hydroxylation is 1. The molecule has 3 rings (SSSR count). The van der Waals surface area contributed by atoms with E-state index in [1.807, 2.05) is 61.5 Å². The van der Waals surface area contributed by atoms with Crippen LogP contribution in [0.1, 0.15) is 11.1 Å². The Morgan fingerprint density at radius 2 is 1.50 bits per heavy atom. The van der Waals surface area contributed by atoms with Crippen LogP contribution in [-0.4, -0.2) is 13.5 Å². The Labute approximate surface area is 166 Å². The molecule has 3 nitrogen and oxygen atoms in total. The summed E-state index contributed by atoms with van der Waals surface area (Å²) in [4.78, 5) is 1.10. The van der Waals surface area contributed by atoms with Gasteiger partial charge < -0.3 is 0 Å². The van der Waals surface area contributed by atoms with Crippen molar-refractivity contribution in [1.29, 1.82) is 0 Å². The zero-order chi connectivity index (χ0) is 18.6. The molecule has 0 aliphatic carbocycles. The maximum atomic E-state index is 12.8. The van der Waals surface area contributed by atoms with Crippen molar-refractivity contribution in [2.75, 3.05) is 0 Å². The molecule has 0 aliphatic rings. The minimum atomic E-state index is -3.81. The Morgan fingerprint density at radius 1 is 0.885 bits per heavy atom. The minimum Gasteiger partial charge on any atom is -0.199 e. The summed E-state index contributed by atoms with van der Waals surface area (Å²) in [5, 5.41) is 0.442. The summed E-state index contributed by atoms with van der Waals surface area (Å²) in [5.41, 5.74) is 1.91. The van der Waals surface area contributed by atoms with Gasteiger partial charge in [-0.2, -0.15) is 12.8 Å². The van der Waals surface area contributed by atoms with E-state index in [0.717, 1.165) is 20.5 Å². The van der Waals surface area contributed by atoms with Gasteiger partial charge in [0.2, 0.25) is 0 Å². The van der Waals surface area contributed by atoms with Crippen LogP contribution in [0, 0.1) is 6.92 Å². The third-order valence-electron chi connectivity index (χ3n) is 3.57. The van der Waals surface area contributed by atoms with Gasteiger partial charge in [-0.15, -0.1) is 0 Å². The minimum absolute atomic E-state index is 0.165. The lowest BCUT2D eigenvalue weighted by molar-refractivity contribution is 0.598. The van der Waals surface area contributed by atoms with Gasteiger partial charge in [0.25, 0.3) is 10.0 Å². The van der Waals surface area contributed by atoms with E-state index in [0.29, 0.717) is 5.04 Å². The molecule has 0 fully saturated rings. The molecule has 0 N–H and O–H groups in total. The first-order chi connectivity index (χ1) is 12.4. The fourth-order valence-corrected chi connectivity index (χ4v) is 4.56. The number of nitrogens with zero attached hydrogens (tertiary/aromatic N) is 1. The van der Waals surface area contributed by atoms with Crippen LogP contribution in [0.15, 0.2) is 97.5 Å². The first-order valence-corrected chi connectivity index (χ1v) is 10.9. The highest BCUT2D eigenvalue weighted by Gasteiger charge is 2.16. The maximum absolute atomic E-state index is 12.8. The van der Waals surface area contributed by atoms with Crippen LogP contribution < -0.4 is 0 Å². The predicted molar refractivity (Wildman–Crippen MR) is 111 cm³/mol. The van der Waals surface area contributed by atoms with Gasteiger partial charge in [-0.1, -0.05) is 75.7 Å². The van der Waals surface area contributed by atoms with Crippen molar-refractivity contribution >= 4 is 42.8 Å². The van der Waals surface area contributed by atoms with E-state index in [4.69, 9.17) is 0 Å². The van der Waals surface area contributed by atoms with Gasteiger partial charge in [0, 0.05) is 14.9 Å². The molecule has 0 spiro atoms. The monoisotopic (exact) mass is 445 g/mol. The highest BCUT2D eigenvalue weighted by Crippen LogP contribution is 2.26. The van der Waals surface area contributed by atoms with Crippen LogP contribution in [0.5, 0.6) is 0 Å². The average molecular weight is 446 g/mol. The van der Waals surface area contributed by atoms with E-state index in [2.05, 4.69) is 20.3 Å². The van der Waals surface area contributed by atoms with Crippen LogP contribution in [-0.2, 0) is 10.0 Å². The Balaban J connectivity index is 2.03. The zero-order valence-corrected chi connectivity index (χ0v) is 17.2. The molecule has 132 valence electrons. The molecule has 0 saturated carbocycles. The van der Waals surface area contributed by atoms with Gasteiger partial charge >= 0.3 is 0 Å². The number of rotatable bonds is 4. The number of halogens is 1. The fourth-order valence-electron chi connectivity index (χ4n) is 2.20. The van der Waals surface area contributed by atoms with Crippen LogP contribution >= 0.6 is 27.7 Å². The molecular formula is C20H16BrNO2S2. The third kappa shape index (κ3) is 4.84. The molecule has 0 heterocycles. The Kier molecular flexibility index (Phi) is 5.96. The number of hydrogen-bond acceptors (Lipinski definition) is 3. The SMILES string of the molecule is Cc1ccc(SC(=NS(=O)(=O)c2ccc(Br)cc2)c2ccccc2)cc1. The van der Waals surface area contributed by atoms with E-state index in [9.17, 15) is 8.42 Å². The lowest BCUT2D eigenvalue weighted by Crippen LogP contribution is -2.03.